The molecule has 0 saturated heterocycles. The lowest BCUT2D eigenvalue weighted by Gasteiger charge is -2.22. The Morgan fingerprint density at radius 1 is 1.60 bits per heavy atom. The molecule has 1 aromatic heterocycles. The van der Waals surface area contributed by atoms with E-state index in [1.165, 1.54) is 16.0 Å². The maximum absolute atomic E-state index is 6.13. The summed E-state index contributed by atoms with van der Waals surface area (Å²) >= 11 is 1.85. The van der Waals surface area contributed by atoms with Crippen LogP contribution in [-0.2, 0) is 13.0 Å². The lowest BCUT2D eigenvalue weighted by atomic mass is 9.98. The zero-order valence-electron chi connectivity index (χ0n) is 9.42. The van der Waals surface area contributed by atoms with Crippen molar-refractivity contribution in [2.75, 3.05) is 27.2 Å². The Bertz CT molecular complexity index is 333. The van der Waals surface area contributed by atoms with Gasteiger partial charge in [-0.05, 0) is 37.0 Å². The zero-order chi connectivity index (χ0) is 10.8. The second kappa shape index (κ2) is 4.61. The van der Waals surface area contributed by atoms with Crippen molar-refractivity contribution in [1.29, 1.82) is 0 Å². The van der Waals surface area contributed by atoms with E-state index in [4.69, 9.17) is 5.73 Å². The van der Waals surface area contributed by atoms with Gasteiger partial charge in [0.2, 0.25) is 0 Å². The fraction of sp³-hybridized carbons (Fsp3) is 0.636. The molecule has 2 heterocycles. The highest BCUT2D eigenvalue weighted by molar-refractivity contribution is 7.10. The van der Waals surface area contributed by atoms with E-state index in [9.17, 15) is 0 Å². The van der Waals surface area contributed by atoms with E-state index >= 15 is 0 Å². The number of likely N-dealkylation sites (N-methyl/N-ethyl adjacent to an activating group) is 1. The molecule has 2 rings (SSSR count). The van der Waals surface area contributed by atoms with Crippen LogP contribution in [0.5, 0.6) is 0 Å². The zero-order valence-corrected chi connectivity index (χ0v) is 10.2. The molecule has 0 spiro atoms. The van der Waals surface area contributed by atoms with Gasteiger partial charge in [-0.3, -0.25) is 0 Å². The third kappa shape index (κ3) is 2.39. The van der Waals surface area contributed by atoms with E-state index in [1.54, 1.807) is 0 Å². The number of hydrogen-bond donors (Lipinski definition) is 2. The molecule has 1 aromatic rings. The predicted molar refractivity (Wildman–Crippen MR) is 65.2 cm³/mol. The summed E-state index contributed by atoms with van der Waals surface area (Å²) in [6, 6.07) is 0.192. The van der Waals surface area contributed by atoms with Crippen LogP contribution in [-0.4, -0.2) is 32.1 Å². The summed E-state index contributed by atoms with van der Waals surface area (Å²) in [5, 5.41) is 5.62. The van der Waals surface area contributed by atoms with Crippen molar-refractivity contribution in [2.24, 2.45) is 5.73 Å². The summed E-state index contributed by atoms with van der Waals surface area (Å²) in [5.41, 5.74) is 9.00. The van der Waals surface area contributed by atoms with Crippen molar-refractivity contribution < 1.29 is 0 Å². The molecule has 3 nitrogen and oxygen atoms in total. The molecule has 4 heteroatoms. The molecule has 0 amide bonds. The second-order valence-corrected chi connectivity index (χ2v) is 5.35. The van der Waals surface area contributed by atoms with E-state index in [0.29, 0.717) is 0 Å². The largest absolute Gasteiger partial charge is 0.323 e. The molecule has 3 N–H and O–H groups in total. The molecule has 0 saturated carbocycles. The van der Waals surface area contributed by atoms with Crippen LogP contribution in [0.4, 0.5) is 0 Å². The summed E-state index contributed by atoms with van der Waals surface area (Å²) in [5.74, 6) is 0. The van der Waals surface area contributed by atoms with Crippen LogP contribution >= 0.6 is 11.3 Å². The first-order valence-electron chi connectivity index (χ1n) is 5.38. The molecular formula is C11H19N3S. The minimum atomic E-state index is 0.192. The van der Waals surface area contributed by atoms with Gasteiger partial charge in [-0.15, -0.1) is 11.3 Å². The molecule has 0 radical (unpaired) electrons. The normalized spacial score (nSPS) is 20.7. The van der Waals surface area contributed by atoms with Gasteiger partial charge in [0.1, 0.15) is 0 Å². The van der Waals surface area contributed by atoms with Crippen molar-refractivity contribution >= 4 is 11.3 Å². The van der Waals surface area contributed by atoms with Crippen molar-refractivity contribution in [3.8, 4) is 0 Å². The van der Waals surface area contributed by atoms with Gasteiger partial charge in [0.25, 0.3) is 0 Å². The van der Waals surface area contributed by atoms with Gasteiger partial charge in [0.15, 0.2) is 0 Å². The fourth-order valence-corrected chi connectivity index (χ4v) is 3.14. The van der Waals surface area contributed by atoms with Crippen molar-refractivity contribution in [1.82, 2.24) is 10.2 Å². The Hall–Kier alpha value is -0.420. The molecule has 1 atom stereocenters. The van der Waals surface area contributed by atoms with Gasteiger partial charge >= 0.3 is 0 Å². The van der Waals surface area contributed by atoms with Crippen LogP contribution in [0, 0.1) is 0 Å². The average molecular weight is 225 g/mol. The van der Waals surface area contributed by atoms with Crippen LogP contribution in [0.25, 0.3) is 0 Å². The van der Waals surface area contributed by atoms with Crippen molar-refractivity contribution in [2.45, 2.75) is 19.0 Å². The Balaban J connectivity index is 2.14. The minimum Gasteiger partial charge on any atom is -0.323 e. The summed E-state index contributed by atoms with van der Waals surface area (Å²) in [4.78, 5) is 3.65. The third-order valence-electron chi connectivity index (χ3n) is 2.84. The number of fused-ring (bicyclic) bond motifs is 1. The maximum atomic E-state index is 6.13. The van der Waals surface area contributed by atoms with Gasteiger partial charge in [0, 0.05) is 30.6 Å². The van der Waals surface area contributed by atoms with Gasteiger partial charge in [-0.25, -0.2) is 0 Å². The SMILES string of the molecule is CN(C)CCc1csc2c1C(N)CNC2. The second-order valence-electron chi connectivity index (χ2n) is 4.39. The number of nitrogens with two attached hydrogens (primary N) is 1. The molecule has 0 bridgehead atoms. The molecule has 15 heavy (non-hydrogen) atoms. The Labute approximate surface area is 95.3 Å². The Morgan fingerprint density at radius 3 is 3.13 bits per heavy atom. The smallest absolute Gasteiger partial charge is 0.0436 e. The first kappa shape index (κ1) is 11.1. The van der Waals surface area contributed by atoms with E-state index < -0.39 is 0 Å². The number of hydrogen-bond acceptors (Lipinski definition) is 4. The lowest BCUT2D eigenvalue weighted by Crippen LogP contribution is -2.32. The van der Waals surface area contributed by atoms with E-state index in [2.05, 4.69) is 29.7 Å². The Morgan fingerprint density at radius 2 is 2.40 bits per heavy atom. The summed E-state index contributed by atoms with van der Waals surface area (Å²) in [7, 11) is 4.22. The standard InChI is InChI=1S/C11H19N3S/c1-14(2)4-3-8-7-15-10-6-13-5-9(12)11(8)10/h7,9,13H,3-6,12H2,1-2H3. The molecule has 84 valence electrons. The van der Waals surface area contributed by atoms with E-state index in [0.717, 1.165) is 26.1 Å². The third-order valence-corrected chi connectivity index (χ3v) is 3.89. The quantitative estimate of drug-likeness (QED) is 0.805. The van der Waals surface area contributed by atoms with Crippen LogP contribution in [0.2, 0.25) is 0 Å². The highest BCUT2D eigenvalue weighted by Crippen LogP contribution is 2.30. The van der Waals surface area contributed by atoms with Gasteiger partial charge in [-0.2, -0.15) is 0 Å². The topological polar surface area (TPSA) is 41.3 Å². The highest BCUT2D eigenvalue weighted by atomic mass is 32.1. The van der Waals surface area contributed by atoms with Crippen molar-refractivity contribution in [3.05, 3.63) is 21.4 Å². The highest BCUT2D eigenvalue weighted by Gasteiger charge is 2.21. The molecule has 0 fully saturated rings. The number of nitrogens with one attached hydrogen (secondary N) is 1. The number of nitrogens with zero attached hydrogens (tertiary/aromatic N) is 1. The molecule has 1 aliphatic heterocycles. The summed E-state index contributed by atoms with van der Waals surface area (Å²) in [6.45, 7) is 3.01. The van der Waals surface area contributed by atoms with Crippen LogP contribution in [0.15, 0.2) is 5.38 Å². The predicted octanol–water partition coefficient (Wildman–Crippen LogP) is 0.955. The molecular weight excluding hydrogens is 206 g/mol. The van der Waals surface area contributed by atoms with Crippen molar-refractivity contribution in [3.63, 3.8) is 0 Å². The Kier molecular flexibility index (Phi) is 3.41. The maximum Gasteiger partial charge on any atom is 0.0436 e. The van der Waals surface area contributed by atoms with Crippen LogP contribution in [0.3, 0.4) is 0 Å². The average Bonchev–Trinajstić information content (AvgIpc) is 2.59. The van der Waals surface area contributed by atoms with Gasteiger partial charge in [0.05, 0.1) is 0 Å². The number of thiophene rings is 1. The molecule has 0 aromatic carbocycles. The first-order valence-corrected chi connectivity index (χ1v) is 6.26. The minimum absolute atomic E-state index is 0.192. The van der Waals surface area contributed by atoms with Crippen LogP contribution < -0.4 is 11.1 Å². The van der Waals surface area contributed by atoms with Gasteiger partial charge < -0.3 is 16.0 Å². The molecule has 0 aliphatic carbocycles. The monoisotopic (exact) mass is 225 g/mol. The van der Waals surface area contributed by atoms with Crippen LogP contribution in [0.1, 0.15) is 22.0 Å². The van der Waals surface area contributed by atoms with Gasteiger partial charge in [-0.1, -0.05) is 0 Å². The number of rotatable bonds is 3. The molecule has 1 unspecified atom stereocenters. The van der Waals surface area contributed by atoms with E-state index in [1.807, 2.05) is 11.3 Å². The lowest BCUT2D eigenvalue weighted by molar-refractivity contribution is 0.412. The summed E-state index contributed by atoms with van der Waals surface area (Å²) < 4.78 is 0. The fourth-order valence-electron chi connectivity index (χ4n) is 2.01. The first-order chi connectivity index (χ1) is 7.18. The van der Waals surface area contributed by atoms with E-state index in [-0.39, 0.29) is 6.04 Å². The summed E-state index contributed by atoms with van der Waals surface area (Å²) in [6.07, 6.45) is 1.12. The molecule has 1 aliphatic rings.